The number of amides is 1. The molecule has 0 atom stereocenters. The number of nitrogens with one attached hydrogen (secondary N) is 1. The molecule has 3 N–H and O–H groups in total. The van der Waals surface area contributed by atoms with Gasteiger partial charge in [0.15, 0.2) is 0 Å². The monoisotopic (exact) mass is 262 g/mol. The lowest BCUT2D eigenvalue weighted by Gasteiger charge is -2.07. The molecule has 1 aromatic carbocycles. The molecular formula is C12H14N4O3. The highest BCUT2D eigenvalue weighted by atomic mass is 16.6. The minimum atomic E-state index is -0.516. The maximum absolute atomic E-state index is 10.9. The van der Waals surface area contributed by atoms with Crippen molar-refractivity contribution in [1.29, 1.82) is 0 Å². The summed E-state index contributed by atoms with van der Waals surface area (Å²) in [5.41, 5.74) is 6.81. The van der Waals surface area contributed by atoms with Crippen molar-refractivity contribution >= 4 is 23.5 Å². The van der Waals surface area contributed by atoms with Crippen molar-refractivity contribution in [3.05, 3.63) is 45.8 Å². The fourth-order valence-corrected chi connectivity index (χ4v) is 1.51. The number of benzene rings is 1. The third-order valence-electron chi connectivity index (χ3n) is 2.33. The summed E-state index contributed by atoms with van der Waals surface area (Å²) in [5.74, 6) is 0. The first-order valence-electron chi connectivity index (χ1n) is 5.43. The van der Waals surface area contributed by atoms with Crippen LogP contribution in [0.1, 0.15) is 13.8 Å². The number of hydrogen-bond donors (Lipinski definition) is 2. The van der Waals surface area contributed by atoms with Gasteiger partial charge in [-0.1, -0.05) is 12.1 Å². The van der Waals surface area contributed by atoms with Crippen LogP contribution in [-0.4, -0.2) is 17.0 Å². The van der Waals surface area contributed by atoms with E-state index in [1.807, 2.05) is 0 Å². The SMILES string of the molecule is CC(=Nc1ccccc1[N+](=O)[O-])C(NC=O)=C(C)N. The Kier molecular flexibility index (Phi) is 4.76. The summed E-state index contributed by atoms with van der Waals surface area (Å²) in [4.78, 5) is 25.0. The summed E-state index contributed by atoms with van der Waals surface area (Å²) in [6, 6.07) is 6.08. The van der Waals surface area contributed by atoms with Gasteiger partial charge in [-0.2, -0.15) is 0 Å². The number of nitrogens with zero attached hydrogens (tertiary/aromatic N) is 2. The lowest BCUT2D eigenvalue weighted by molar-refractivity contribution is -0.384. The van der Waals surface area contributed by atoms with Gasteiger partial charge in [-0.15, -0.1) is 0 Å². The molecule has 0 aliphatic carbocycles. The normalized spacial score (nSPS) is 12.6. The fraction of sp³-hybridized carbons (Fsp3) is 0.167. The number of rotatable bonds is 5. The topological polar surface area (TPSA) is 111 Å². The molecule has 1 rings (SSSR count). The lowest BCUT2D eigenvalue weighted by atomic mass is 10.2. The number of nitro benzene ring substituents is 1. The first-order valence-corrected chi connectivity index (χ1v) is 5.43. The molecule has 7 heteroatoms. The van der Waals surface area contributed by atoms with Crippen molar-refractivity contribution in [3.63, 3.8) is 0 Å². The van der Waals surface area contributed by atoms with Crippen LogP contribution in [0.15, 0.2) is 40.7 Å². The summed E-state index contributed by atoms with van der Waals surface area (Å²) >= 11 is 0. The molecule has 7 nitrogen and oxygen atoms in total. The van der Waals surface area contributed by atoms with E-state index in [1.165, 1.54) is 12.1 Å². The predicted molar refractivity (Wildman–Crippen MR) is 72.0 cm³/mol. The molecule has 0 spiro atoms. The average molecular weight is 262 g/mol. The standard InChI is InChI=1S/C12H14N4O3/c1-8(13)12(14-7-17)9(2)15-10-5-3-4-6-11(10)16(18)19/h3-7H,13H2,1-2H3,(H,14,17). The summed E-state index contributed by atoms with van der Waals surface area (Å²) in [6.45, 7) is 3.21. The Morgan fingerprint density at radius 1 is 1.42 bits per heavy atom. The van der Waals surface area contributed by atoms with Crippen LogP contribution < -0.4 is 11.1 Å². The van der Waals surface area contributed by atoms with E-state index in [4.69, 9.17) is 5.73 Å². The number of hydrogen-bond acceptors (Lipinski definition) is 5. The fourth-order valence-electron chi connectivity index (χ4n) is 1.51. The third kappa shape index (κ3) is 3.63. The Morgan fingerprint density at radius 2 is 2.05 bits per heavy atom. The van der Waals surface area contributed by atoms with E-state index in [0.29, 0.717) is 23.5 Å². The molecule has 0 aromatic heterocycles. The molecule has 1 amide bonds. The number of nitrogens with two attached hydrogens (primary N) is 1. The van der Waals surface area contributed by atoms with Gasteiger partial charge < -0.3 is 11.1 Å². The zero-order chi connectivity index (χ0) is 14.4. The average Bonchev–Trinajstić information content (AvgIpc) is 2.35. The Morgan fingerprint density at radius 3 is 2.58 bits per heavy atom. The Bertz CT molecular complexity index is 560. The summed E-state index contributed by atoms with van der Waals surface area (Å²) in [6.07, 6.45) is 0.476. The van der Waals surface area contributed by atoms with Crippen molar-refractivity contribution in [2.24, 2.45) is 10.7 Å². The van der Waals surface area contributed by atoms with Gasteiger partial charge in [-0.05, 0) is 19.9 Å². The molecule has 0 saturated carbocycles. The van der Waals surface area contributed by atoms with Gasteiger partial charge in [0.1, 0.15) is 5.69 Å². The first kappa shape index (κ1) is 14.4. The van der Waals surface area contributed by atoms with E-state index in [9.17, 15) is 14.9 Å². The molecule has 0 radical (unpaired) electrons. The molecule has 19 heavy (non-hydrogen) atoms. The molecule has 0 aliphatic rings. The molecule has 0 aliphatic heterocycles. The van der Waals surface area contributed by atoms with Crippen LogP contribution in [-0.2, 0) is 4.79 Å². The number of carbonyl (C=O) groups excluding carboxylic acids is 1. The number of carbonyl (C=O) groups is 1. The smallest absolute Gasteiger partial charge is 0.294 e. The second-order valence-corrected chi connectivity index (χ2v) is 3.76. The molecule has 100 valence electrons. The van der Waals surface area contributed by atoms with E-state index >= 15 is 0 Å². The largest absolute Gasteiger partial charge is 0.401 e. The summed E-state index contributed by atoms with van der Waals surface area (Å²) in [5, 5.41) is 13.3. The maximum atomic E-state index is 10.9. The molecule has 0 unspecified atom stereocenters. The molecule has 0 heterocycles. The van der Waals surface area contributed by atoms with Crippen molar-refractivity contribution in [2.45, 2.75) is 13.8 Å². The van der Waals surface area contributed by atoms with Crippen molar-refractivity contribution in [2.75, 3.05) is 0 Å². The number of allylic oxidation sites excluding steroid dienone is 2. The van der Waals surface area contributed by atoms with Crippen LogP contribution in [0.25, 0.3) is 0 Å². The predicted octanol–water partition coefficient (Wildman–Crippen LogP) is 1.62. The van der Waals surface area contributed by atoms with Crippen molar-refractivity contribution in [1.82, 2.24) is 5.32 Å². The molecular weight excluding hydrogens is 248 g/mol. The van der Waals surface area contributed by atoms with Gasteiger partial charge in [0.05, 0.1) is 16.3 Å². The molecule has 0 fully saturated rings. The number of aliphatic imine (C=N–C) groups is 1. The second-order valence-electron chi connectivity index (χ2n) is 3.76. The number of para-hydroxylation sites is 2. The van der Waals surface area contributed by atoms with Crippen molar-refractivity contribution in [3.8, 4) is 0 Å². The van der Waals surface area contributed by atoms with Gasteiger partial charge in [0, 0.05) is 11.8 Å². The van der Waals surface area contributed by atoms with Crippen LogP contribution in [0.2, 0.25) is 0 Å². The maximum Gasteiger partial charge on any atom is 0.294 e. The van der Waals surface area contributed by atoms with Crippen LogP contribution in [0.4, 0.5) is 11.4 Å². The van der Waals surface area contributed by atoms with Crippen LogP contribution in [0.5, 0.6) is 0 Å². The zero-order valence-corrected chi connectivity index (χ0v) is 10.6. The Labute approximate surface area is 110 Å². The van der Waals surface area contributed by atoms with Crippen LogP contribution in [0, 0.1) is 10.1 Å². The summed E-state index contributed by atoms with van der Waals surface area (Å²) in [7, 11) is 0. The van der Waals surface area contributed by atoms with E-state index in [2.05, 4.69) is 10.3 Å². The lowest BCUT2D eigenvalue weighted by Crippen LogP contribution is -2.21. The zero-order valence-electron chi connectivity index (χ0n) is 10.6. The molecule has 1 aromatic rings. The highest BCUT2D eigenvalue weighted by Gasteiger charge is 2.13. The minimum absolute atomic E-state index is 0.109. The third-order valence-corrected chi connectivity index (χ3v) is 2.33. The van der Waals surface area contributed by atoms with Gasteiger partial charge >= 0.3 is 0 Å². The highest BCUT2D eigenvalue weighted by molar-refractivity contribution is 6.01. The van der Waals surface area contributed by atoms with E-state index in [-0.39, 0.29) is 11.4 Å². The first-order chi connectivity index (χ1) is 8.97. The quantitative estimate of drug-likeness (QED) is 0.363. The highest BCUT2D eigenvalue weighted by Crippen LogP contribution is 2.26. The molecule has 0 bridgehead atoms. The van der Waals surface area contributed by atoms with E-state index < -0.39 is 4.92 Å². The van der Waals surface area contributed by atoms with Gasteiger partial charge in [-0.25, -0.2) is 4.99 Å². The van der Waals surface area contributed by atoms with Crippen molar-refractivity contribution < 1.29 is 9.72 Å². The van der Waals surface area contributed by atoms with E-state index in [0.717, 1.165) is 0 Å². The van der Waals surface area contributed by atoms with E-state index in [1.54, 1.807) is 26.0 Å². The number of nitro groups is 1. The Balaban J connectivity index is 3.25. The van der Waals surface area contributed by atoms with Gasteiger partial charge in [0.2, 0.25) is 6.41 Å². The van der Waals surface area contributed by atoms with Gasteiger partial charge in [0.25, 0.3) is 5.69 Å². The van der Waals surface area contributed by atoms with Gasteiger partial charge in [-0.3, -0.25) is 14.9 Å². The summed E-state index contributed by atoms with van der Waals surface area (Å²) < 4.78 is 0. The second kappa shape index (κ2) is 6.29. The minimum Gasteiger partial charge on any atom is -0.401 e. The van der Waals surface area contributed by atoms with Crippen LogP contribution >= 0.6 is 0 Å². The Hall–Kier alpha value is -2.70. The van der Waals surface area contributed by atoms with Crippen LogP contribution in [0.3, 0.4) is 0 Å². The molecule has 0 saturated heterocycles.